The van der Waals surface area contributed by atoms with Gasteiger partial charge in [-0.05, 0) is 19.3 Å². The molecule has 2 N–H and O–H groups in total. The molecule has 1 fully saturated rings. The van der Waals surface area contributed by atoms with Crippen LogP contribution in [0.5, 0.6) is 0 Å². The molecule has 1 atom stereocenters. The fourth-order valence-corrected chi connectivity index (χ4v) is 2.08. The van der Waals surface area contributed by atoms with Gasteiger partial charge in [-0.2, -0.15) is 0 Å². The number of hydrogen-bond acceptors (Lipinski definition) is 3. The second-order valence-electron chi connectivity index (χ2n) is 5.13. The molecule has 0 bridgehead atoms. The van der Waals surface area contributed by atoms with Crippen molar-refractivity contribution in [2.75, 3.05) is 26.2 Å². The molecule has 2 amide bonds. The number of carbonyl (C=O) groups is 2. The van der Waals surface area contributed by atoms with E-state index in [0.29, 0.717) is 32.0 Å². The second-order valence-corrected chi connectivity index (χ2v) is 5.13. The lowest BCUT2D eigenvalue weighted by Gasteiger charge is -2.35. The molecule has 1 aliphatic heterocycles. The highest BCUT2D eigenvalue weighted by molar-refractivity contribution is 5.88. The van der Waals surface area contributed by atoms with Crippen molar-refractivity contribution in [3.63, 3.8) is 0 Å². The molecule has 0 aromatic carbocycles. The Morgan fingerprint density at radius 2 is 2.17 bits per heavy atom. The molecule has 5 heteroatoms. The summed E-state index contributed by atoms with van der Waals surface area (Å²) < 4.78 is 0. The number of piperazine rings is 1. The molecule has 0 spiro atoms. The van der Waals surface area contributed by atoms with E-state index in [1.54, 1.807) is 4.90 Å². The normalized spacial score (nSPS) is 20.0. The maximum Gasteiger partial charge on any atom is 0.244 e. The molecule has 1 heterocycles. The molecule has 1 aliphatic rings. The highest BCUT2D eigenvalue weighted by Crippen LogP contribution is 2.10. The van der Waals surface area contributed by atoms with E-state index in [-0.39, 0.29) is 17.9 Å². The number of nitrogens with zero attached hydrogens (tertiary/aromatic N) is 1. The Kier molecular flexibility index (Phi) is 6.12. The number of likely N-dealkylation sites (N-methyl/N-ethyl adjacent to an activating group) is 1. The number of carbonyl (C=O) groups excluding carboxylic acids is 2. The van der Waals surface area contributed by atoms with Gasteiger partial charge in [0.05, 0.1) is 0 Å². The second kappa shape index (κ2) is 7.36. The van der Waals surface area contributed by atoms with E-state index in [1.165, 1.54) is 0 Å². The standard InChI is InChI=1S/C13H25N3O2/c1-4-15-13(18)11-9-14-7-8-16(11)12(17)6-5-10(2)3/h10-11,14H,4-9H2,1-3H3,(H,15,18). The minimum absolute atomic E-state index is 0.0532. The molecule has 1 rings (SSSR count). The van der Waals surface area contributed by atoms with Crippen molar-refractivity contribution in [3.05, 3.63) is 0 Å². The first-order valence-electron chi connectivity index (χ1n) is 6.84. The topological polar surface area (TPSA) is 61.4 Å². The molecule has 0 aromatic rings. The van der Waals surface area contributed by atoms with E-state index in [0.717, 1.165) is 13.0 Å². The quantitative estimate of drug-likeness (QED) is 0.745. The molecule has 0 radical (unpaired) electrons. The van der Waals surface area contributed by atoms with Gasteiger partial charge in [-0.15, -0.1) is 0 Å². The van der Waals surface area contributed by atoms with E-state index in [4.69, 9.17) is 0 Å². The third-order valence-electron chi connectivity index (χ3n) is 3.15. The van der Waals surface area contributed by atoms with Crippen LogP contribution in [0.15, 0.2) is 0 Å². The maximum atomic E-state index is 12.1. The highest BCUT2D eigenvalue weighted by atomic mass is 16.2. The van der Waals surface area contributed by atoms with Crippen LogP contribution in [0.25, 0.3) is 0 Å². The lowest BCUT2D eigenvalue weighted by atomic mass is 10.1. The van der Waals surface area contributed by atoms with E-state index in [2.05, 4.69) is 24.5 Å². The number of nitrogens with one attached hydrogen (secondary N) is 2. The summed E-state index contributed by atoms with van der Waals surface area (Å²) in [5.74, 6) is 0.559. The number of hydrogen-bond donors (Lipinski definition) is 2. The average Bonchev–Trinajstić information content (AvgIpc) is 2.36. The van der Waals surface area contributed by atoms with Crippen molar-refractivity contribution in [1.29, 1.82) is 0 Å². The summed E-state index contributed by atoms with van der Waals surface area (Å²) in [5, 5.41) is 5.96. The molecule has 0 aliphatic carbocycles. The van der Waals surface area contributed by atoms with Crippen LogP contribution in [0.4, 0.5) is 0 Å². The predicted octanol–water partition coefficient (Wildman–Crippen LogP) is 0.359. The zero-order valence-electron chi connectivity index (χ0n) is 11.7. The van der Waals surface area contributed by atoms with E-state index >= 15 is 0 Å². The molecule has 104 valence electrons. The fraction of sp³-hybridized carbons (Fsp3) is 0.846. The molecule has 1 saturated heterocycles. The van der Waals surface area contributed by atoms with Crippen molar-refractivity contribution in [2.24, 2.45) is 5.92 Å². The van der Waals surface area contributed by atoms with Crippen LogP contribution in [-0.4, -0.2) is 48.9 Å². The van der Waals surface area contributed by atoms with Gasteiger partial charge in [-0.1, -0.05) is 13.8 Å². The minimum Gasteiger partial charge on any atom is -0.355 e. The summed E-state index contributed by atoms with van der Waals surface area (Å²) in [6, 6.07) is -0.349. The molecule has 18 heavy (non-hydrogen) atoms. The van der Waals surface area contributed by atoms with Crippen molar-refractivity contribution in [1.82, 2.24) is 15.5 Å². The molecule has 0 saturated carbocycles. The van der Waals surface area contributed by atoms with Crippen LogP contribution in [0.2, 0.25) is 0 Å². The van der Waals surface area contributed by atoms with Crippen molar-refractivity contribution in [2.45, 2.75) is 39.7 Å². The Hall–Kier alpha value is -1.10. The van der Waals surface area contributed by atoms with Gasteiger partial charge in [-0.3, -0.25) is 9.59 Å². The lowest BCUT2D eigenvalue weighted by Crippen LogP contribution is -2.59. The van der Waals surface area contributed by atoms with Crippen molar-refractivity contribution in [3.8, 4) is 0 Å². The lowest BCUT2D eigenvalue weighted by molar-refractivity contribution is -0.141. The molecular formula is C13H25N3O2. The van der Waals surface area contributed by atoms with Crippen LogP contribution < -0.4 is 10.6 Å². The molecular weight excluding hydrogens is 230 g/mol. The first-order chi connectivity index (χ1) is 8.56. The van der Waals surface area contributed by atoms with Crippen LogP contribution in [-0.2, 0) is 9.59 Å². The van der Waals surface area contributed by atoms with Gasteiger partial charge in [0.15, 0.2) is 0 Å². The van der Waals surface area contributed by atoms with Gasteiger partial charge in [0.1, 0.15) is 6.04 Å². The first kappa shape index (κ1) is 15.0. The van der Waals surface area contributed by atoms with Crippen molar-refractivity contribution < 1.29 is 9.59 Å². The van der Waals surface area contributed by atoms with Gasteiger partial charge >= 0.3 is 0 Å². The monoisotopic (exact) mass is 255 g/mol. The average molecular weight is 255 g/mol. The third-order valence-corrected chi connectivity index (χ3v) is 3.15. The van der Waals surface area contributed by atoms with Crippen LogP contribution >= 0.6 is 0 Å². The number of amides is 2. The van der Waals surface area contributed by atoms with Gasteiger partial charge in [0, 0.05) is 32.6 Å². The summed E-state index contributed by atoms with van der Waals surface area (Å²) in [6.07, 6.45) is 1.42. The van der Waals surface area contributed by atoms with Gasteiger partial charge < -0.3 is 15.5 Å². The SMILES string of the molecule is CCNC(=O)C1CNCCN1C(=O)CCC(C)C. The van der Waals surface area contributed by atoms with Crippen LogP contribution in [0, 0.1) is 5.92 Å². The Morgan fingerprint density at radius 3 is 2.78 bits per heavy atom. The van der Waals surface area contributed by atoms with E-state index < -0.39 is 0 Å². The molecule has 0 aromatic heterocycles. The Labute approximate surface area is 109 Å². The zero-order valence-corrected chi connectivity index (χ0v) is 11.7. The third kappa shape index (κ3) is 4.29. The Bertz CT molecular complexity index is 292. The van der Waals surface area contributed by atoms with Crippen LogP contribution in [0.1, 0.15) is 33.6 Å². The van der Waals surface area contributed by atoms with E-state index in [9.17, 15) is 9.59 Å². The Morgan fingerprint density at radius 1 is 1.44 bits per heavy atom. The van der Waals surface area contributed by atoms with Crippen LogP contribution in [0.3, 0.4) is 0 Å². The summed E-state index contributed by atoms with van der Waals surface area (Å²) in [7, 11) is 0. The summed E-state index contributed by atoms with van der Waals surface area (Å²) >= 11 is 0. The van der Waals surface area contributed by atoms with Gasteiger partial charge in [0.25, 0.3) is 0 Å². The highest BCUT2D eigenvalue weighted by Gasteiger charge is 2.31. The Balaban J connectivity index is 2.58. The molecule has 5 nitrogen and oxygen atoms in total. The maximum absolute atomic E-state index is 12.1. The summed E-state index contributed by atoms with van der Waals surface area (Å²) in [6.45, 7) is 8.64. The first-order valence-corrected chi connectivity index (χ1v) is 6.84. The molecule has 1 unspecified atom stereocenters. The summed E-state index contributed by atoms with van der Waals surface area (Å²) in [5.41, 5.74) is 0. The smallest absolute Gasteiger partial charge is 0.244 e. The largest absolute Gasteiger partial charge is 0.355 e. The van der Waals surface area contributed by atoms with Gasteiger partial charge in [0.2, 0.25) is 11.8 Å². The van der Waals surface area contributed by atoms with Crippen molar-refractivity contribution >= 4 is 11.8 Å². The number of rotatable bonds is 5. The fourth-order valence-electron chi connectivity index (χ4n) is 2.08. The predicted molar refractivity (Wildman–Crippen MR) is 71.1 cm³/mol. The summed E-state index contributed by atoms with van der Waals surface area (Å²) in [4.78, 5) is 25.8. The zero-order chi connectivity index (χ0) is 13.5. The van der Waals surface area contributed by atoms with Gasteiger partial charge in [-0.25, -0.2) is 0 Å². The minimum atomic E-state index is -0.349. The van der Waals surface area contributed by atoms with E-state index in [1.807, 2.05) is 6.92 Å².